The number of aromatic hydroxyl groups is 1. The summed E-state index contributed by atoms with van der Waals surface area (Å²) in [5.74, 6) is 1.67. The van der Waals surface area contributed by atoms with Crippen molar-refractivity contribution in [1.82, 2.24) is 24.7 Å². The second-order valence-corrected chi connectivity index (χ2v) is 7.36. The Hall–Kier alpha value is -4.45. The van der Waals surface area contributed by atoms with E-state index in [2.05, 4.69) is 31.0 Å². The van der Waals surface area contributed by atoms with Crippen molar-refractivity contribution in [2.75, 3.05) is 18.0 Å². The molecule has 1 fully saturated rings. The third-order valence-electron chi connectivity index (χ3n) is 5.28. The van der Waals surface area contributed by atoms with E-state index in [1.807, 2.05) is 30.3 Å². The molecule has 4 heterocycles. The molecule has 9 nitrogen and oxygen atoms in total. The average Bonchev–Trinajstić information content (AvgIpc) is 3.47. The molecule has 0 spiro atoms. The van der Waals surface area contributed by atoms with Crippen molar-refractivity contribution in [3.05, 3.63) is 72.8 Å². The minimum atomic E-state index is -0.0903. The molecule has 1 N–H and O–H groups in total. The van der Waals surface area contributed by atoms with Gasteiger partial charge in [-0.25, -0.2) is 9.97 Å². The van der Waals surface area contributed by atoms with E-state index in [9.17, 15) is 10.4 Å². The molecule has 158 valence electrons. The molecule has 0 radical (unpaired) electrons. The predicted octanol–water partition coefficient (Wildman–Crippen LogP) is 2.96. The SMILES string of the molecule is N#Cc1ccncc1OC1CCN(c2cc(-n3nc(-c4ccccc4)cc3O)ncn2)C1. The number of ether oxygens (including phenoxy) is 1. The van der Waals surface area contributed by atoms with Crippen molar-refractivity contribution in [2.24, 2.45) is 0 Å². The number of pyridine rings is 1. The summed E-state index contributed by atoms with van der Waals surface area (Å²) >= 11 is 0. The maximum absolute atomic E-state index is 10.4. The topological polar surface area (TPSA) is 113 Å². The van der Waals surface area contributed by atoms with E-state index >= 15 is 0 Å². The number of hydrogen-bond acceptors (Lipinski definition) is 8. The smallest absolute Gasteiger partial charge is 0.216 e. The fourth-order valence-corrected chi connectivity index (χ4v) is 3.69. The van der Waals surface area contributed by atoms with Gasteiger partial charge in [-0.3, -0.25) is 4.98 Å². The first-order valence-electron chi connectivity index (χ1n) is 10.1. The number of nitriles is 1. The lowest BCUT2D eigenvalue weighted by atomic mass is 10.2. The monoisotopic (exact) mass is 425 g/mol. The Morgan fingerprint density at radius 1 is 1.09 bits per heavy atom. The number of nitrogens with zero attached hydrogens (tertiary/aromatic N) is 7. The molecule has 1 unspecified atom stereocenters. The molecule has 0 bridgehead atoms. The third kappa shape index (κ3) is 3.81. The lowest BCUT2D eigenvalue weighted by molar-refractivity contribution is 0.223. The van der Waals surface area contributed by atoms with Crippen LogP contribution in [-0.2, 0) is 0 Å². The molecule has 32 heavy (non-hydrogen) atoms. The van der Waals surface area contributed by atoms with Gasteiger partial charge in [-0.1, -0.05) is 30.3 Å². The molecule has 0 aliphatic carbocycles. The van der Waals surface area contributed by atoms with Gasteiger partial charge in [-0.05, 0) is 6.07 Å². The maximum Gasteiger partial charge on any atom is 0.216 e. The largest absolute Gasteiger partial charge is 0.493 e. The highest BCUT2D eigenvalue weighted by molar-refractivity contribution is 5.60. The molecule has 5 rings (SSSR count). The van der Waals surface area contributed by atoms with Crippen LogP contribution in [0.25, 0.3) is 17.1 Å². The Morgan fingerprint density at radius 3 is 2.78 bits per heavy atom. The highest BCUT2D eigenvalue weighted by Gasteiger charge is 2.26. The van der Waals surface area contributed by atoms with Gasteiger partial charge in [0.25, 0.3) is 0 Å². The molecule has 1 aliphatic heterocycles. The van der Waals surface area contributed by atoms with Crippen molar-refractivity contribution < 1.29 is 9.84 Å². The molecule has 4 aromatic rings. The van der Waals surface area contributed by atoms with Gasteiger partial charge >= 0.3 is 0 Å². The van der Waals surface area contributed by atoms with Gasteiger partial charge in [0, 0.05) is 36.9 Å². The van der Waals surface area contributed by atoms with E-state index in [-0.39, 0.29) is 12.0 Å². The molecule has 1 atom stereocenters. The van der Waals surface area contributed by atoms with E-state index in [1.54, 1.807) is 30.6 Å². The van der Waals surface area contributed by atoms with Gasteiger partial charge in [0.2, 0.25) is 5.88 Å². The molecule has 3 aromatic heterocycles. The van der Waals surface area contributed by atoms with Crippen LogP contribution in [0, 0.1) is 11.3 Å². The van der Waals surface area contributed by atoms with Crippen molar-refractivity contribution in [3.63, 3.8) is 0 Å². The summed E-state index contributed by atoms with van der Waals surface area (Å²) < 4.78 is 7.40. The van der Waals surface area contributed by atoms with Crippen LogP contribution in [0.15, 0.2) is 67.3 Å². The van der Waals surface area contributed by atoms with Crippen molar-refractivity contribution in [1.29, 1.82) is 5.26 Å². The number of anilines is 1. The van der Waals surface area contributed by atoms with E-state index in [1.165, 1.54) is 11.0 Å². The zero-order valence-electron chi connectivity index (χ0n) is 17.0. The van der Waals surface area contributed by atoms with Gasteiger partial charge in [0.15, 0.2) is 11.6 Å². The highest BCUT2D eigenvalue weighted by atomic mass is 16.5. The number of rotatable bonds is 5. The van der Waals surface area contributed by atoms with Gasteiger partial charge in [-0.2, -0.15) is 15.0 Å². The van der Waals surface area contributed by atoms with Crippen molar-refractivity contribution in [2.45, 2.75) is 12.5 Å². The maximum atomic E-state index is 10.4. The van der Waals surface area contributed by atoms with E-state index < -0.39 is 0 Å². The van der Waals surface area contributed by atoms with Gasteiger partial charge in [0.05, 0.1) is 24.0 Å². The summed E-state index contributed by atoms with van der Waals surface area (Å²) in [4.78, 5) is 14.8. The highest BCUT2D eigenvalue weighted by Crippen LogP contribution is 2.27. The fourth-order valence-electron chi connectivity index (χ4n) is 3.69. The van der Waals surface area contributed by atoms with Gasteiger partial charge < -0.3 is 14.7 Å². The van der Waals surface area contributed by atoms with Crippen molar-refractivity contribution in [3.8, 4) is 34.8 Å². The quantitative estimate of drug-likeness (QED) is 0.519. The molecule has 1 aromatic carbocycles. The molecule has 0 amide bonds. The Morgan fingerprint density at radius 2 is 1.94 bits per heavy atom. The summed E-state index contributed by atoms with van der Waals surface area (Å²) in [6.45, 7) is 1.35. The first kappa shape index (κ1) is 19.5. The normalized spacial score (nSPS) is 15.5. The third-order valence-corrected chi connectivity index (χ3v) is 5.28. The van der Waals surface area contributed by atoms with E-state index in [0.29, 0.717) is 35.2 Å². The van der Waals surface area contributed by atoms with Crippen LogP contribution < -0.4 is 9.64 Å². The summed E-state index contributed by atoms with van der Waals surface area (Å²) in [6.07, 6.45) is 5.28. The summed E-state index contributed by atoms with van der Waals surface area (Å²) in [6, 6.07) is 16.8. The van der Waals surface area contributed by atoms with E-state index in [0.717, 1.165) is 18.5 Å². The zero-order chi connectivity index (χ0) is 21.9. The fraction of sp³-hybridized carbons (Fsp3) is 0.174. The molecule has 9 heteroatoms. The molecular weight excluding hydrogens is 406 g/mol. The minimum absolute atomic E-state index is 0.00301. The van der Waals surface area contributed by atoms with E-state index in [4.69, 9.17) is 4.74 Å². The molecule has 1 saturated heterocycles. The van der Waals surface area contributed by atoms with Crippen LogP contribution >= 0.6 is 0 Å². The molecular formula is C23H19N7O2. The van der Waals surface area contributed by atoms with Crippen LogP contribution in [0.4, 0.5) is 5.82 Å². The summed E-state index contributed by atoms with van der Waals surface area (Å²) in [5.41, 5.74) is 2.02. The second kappa shape index (κ2) is 8.35. The number of aromatic nitrogens is 5. The number of benzene rings is 1. The predicted molar refractivity (Wildman–Crippen MR) is 116 cm³/mol. The van der Waals surface area contributed by atoms with Crippen LogP contribution in [0.3, 0.4) is 0 Å². The minimum Gasteiger partial charge on any atom is -0.493 e. The van der Waals surface area contributed by atoms with Crippen LogP contribution in [0.2, 0.25) is 0 Å². The first-order chi connectivity index (χ1) is 15.7. The Balaban J connectivity index is 1.34. The Bertz CT molecular complexity index is 1280. The first-order valence-corrected chi connectivity index (χ1v) is 10.1. The summed E-state index contributed by atoms with van der Waals surface area (Å²) in [5, 5.41) is 24.2. The van der Waals surface area contributed by atoms with Gasteiger partial charge in [-0.15, -0.1) is 0 Å². The standard InChI is InChI=1S/C23H19N7O2/c24-12-17-6-8-25-13-20(17)32-18-7-9-29(14-18)21-11-22(27-15-26-21)30-23(31)10-19(28-30)16-4-2-1-3-5-16/h1-6,8,10-11,13,15,18,31H,7,9,14H2. The zero-order valence-corrected chi connectivity index (χ0v) is 17.0. The summed E-state index contributed by atoms with van der Waals surface area (Å²) in [7, 11) is 0. The molecule has 1 aliphatic rings. The lowest BCUT2D eigenvalue weighted by Gasteiger charge is -2.18. The van der Waals surface area contributed by atoms with Crippen LogP contribution in [-0.4, -0.2) is 49.0 Å². The molecule has 0 saturated carbocycles. The van der Waals surface area contributed by atoms with Crippen LogP contribution in [0.1, 0.15) is 12.0 Å². The van der Waals surface area contributed by atoms with Gasteiger partial charge in [0.1, 0.15) is 24.3 Å². The second-order valence-electron chi connectivity index (χ2n) is 7.36. The average molecular weight is 425 g/mol. The van der Waals surface area contributed by atoms with Crippen LogP contribution in [0.5, 0.6) is 11.6 Å². The number of hydrogen-bond donors (Lipinski definition) is 1. The van der Waals surface area contributed by atoms with Crippen molar-refractivity contribution >= 4 is 5.82 Å². The Kier molecular flexibility index (Phi) is 5.09. The Labute approximate surface area is 184 Å². The lowest BCUT2D eigenvalue weighted by Crippen LogP contribution is -2.25.